The van der Waals surface area contributed by atoms with E-state index in [1.54, 1.807) is 0 Å². The van der Waals surface area contributed by atoms with Gasteiger partial charge in [-0.1, -0.05) is 127 Å². The van der Waals surface area contributed by atoms with Gasteiger partial charge in [-0.25, -0.2) is 0 Å². The summed E-state index contributed by atoms with van der Waals surface area (Å²) in [4.78, 5) is 7.01. The molecule has 0 aliphatic rings. The van der Waals surface area contributed by atoms with Gasteiger partial charge >= 0.3 is 0 Å². The zero-order valence-corrected chi connectivity index (χ0v) is 34.9. The molecule has 0 unspecified atom stereocenters. The van der Waals surface area contributed by atoms with Gasteiger partial charge in [0.25, 0.3) is 0 Å². The van der Waals surface area contributed by atoms with Gasteiger partial charge in [0.2, 0.25) is 0 Å². The van der Waals surface area contributed by atoms with Crippen molar-refractivity contribution in [3.8, 4) is 0 Å². The summed E-state index contributed by atoms with van der Waals surface area (Å²) in [5, 5.41) is 0. The van der Waals surface area contributed by atoms with E-state index in [2.05, 4.69) is 272 Å². The third-order valence-electron chi connectivity index (χ3n) is 11.3. The maximum atomic E-state index is 2.34. The standard InChI is InChI=1S/C58H49N3/c1-43-16-13-25-55(40-43)59(49-19-7-4-8-20-49)52-34-28-46(29-35-52)58(47-30-36-53(37-31-47)60(50-21-9-5-10-22-50)56-26-14-17-44(2)41-56)48-32-38-54(39-33-48)61(51-23-11-6-12-24-51)57-27-15-18-45(3)42-57/h4-42,58H,1-3H3. The highest BCUT2D eigenvalue weighted by Gasteiger charge is 2.21. The first kappa shape index (κ1) is 38.9. The van der Waals surface area contributed by atoms with Crippen molar-refractivity contribution in [1.82, 2.24) is 0 Å². The second-order valence-electron chi connectivity index (χ2n) is 15.7. The van der Waals surface area contributed by atoms with Gasteiger partial charge in [-0.2, -0.15) is 0 Å². The van der Waals surface area contributed by atoms with Crippen molar-refractivity contribution >= 4 is 51.2 Å². The molecule has 0 saturated carbocycles. The van der Waals surface area contributed by atoms with Crippen LogP contribution in [0.5, 0.6) is 0 Å². The molecule has 9 aromatic carbocycles. The molecule has 0 saturated heterocycles. The van der Waals surface area contributed by atoms with Gasteiger partial charge in [0.05, 0.1) is 0 Å². The van der Waals surface area contributed by atoms with E-state index in [0.717, 1.165) is 51.2 Å². The van der Waals surface area contributed by atoms with Crippen LogP contribution < -0.4 is 14.7 Å². The van der Waals surface area contributed by atoms with Crippen molar-refractivity contribution in [2.45, 2.75) is 26.7 Å². The summed E-state index contributed by atoms with van der Waals surface area (Å²) in [6, 6.07) is 85.5. The molecule has 0 amide bonds. The molecule has 0 aliphatic carbocycles. The summed E-state index contributed by atoms with van der Waals surface area (Å²) >= 11 is 0. The Morgan fingerprint density at radius 1 is 0.230 bits per heavy atom. The molecule has 0 atom stereocenters. The highest BCUT2D eigenvalue weighted by molar-refractivity contribution is 5.80. The first-order chi connectivity index (χ1) is 30.0. The predicted molar refractivity (Wildman–Crippen MR) is 259 cm³/mol. The fraction of sp³-hybridized carbons (Fsp3) is 0.0690. The van der Waals surface area contributed by atoms with Gasteiger partial charge in [-0.3, -0.25) is 0 Å². The highest BCUT2D eigenvalue weighted by atomic mass is 15.2. The first-order valence-electron chi connectivity index (χ1n) is 21.0. The van der Waals surface area contributed by atoms with Crippen LogP contribution in [0.1, 0.15) is 39.3 Å². The van der Waals surface area contributed by atoms with Gasteiger partial charge in [0, 0.05) is 57.1 Å². The molecule has 0 aliphatic heterocycles. The molecule has 0 aromatic heterocycles. The quantitative estimate of drug-likeness (QED) is 0.114. The lowest BCUT2D eigenvalue weighted by Crippen LogP contribution is -2.12. The third kappa shape index (κ3) is 8.59. The largest absolute Gasteiger partial charge is 0.310 e. The summed E-state index contributed by atoms with van der Waals surface area (Å²) in [6.45, 7) is 6.45. The summed E-state index contributed by atoms with van der Waals surface area (Å²) in [5.74, 6) is -0.0189. The van der Waals surface area contributed by atoms with E-state index in [-0.39, 0.29) is 5.92 Å². The summed E-state index contributed by atoms with van der Waals surface area (Å²) < 4.78 is 0. The van der Waals surface area contributed by atoms with Crippen LogP contribution in [-0.4, -0.2) is 0 Å². The fourth-order valence-electron chi connectivity index (χ4n) is 8.40. The van der Waals surface area contributed by atoms with Gasteiger partial charge < -0.3 is 14.7 Å². The van der Waals surface area contributed by atoms with Gasteiger partial charge in [-0.05, 0) is 163 Å². The molecule has 0 spiro atoms. The summed E-state index contributed by atoms with van der Waals surface area (Å²) in [5.41, 5.74) is 17.4. The topological polar surface area (TPSA) is 9.72 Å². The molecule has 3 heteroatoms. The van der Waals surface area contributed by atoms with Crippen molar-refractivity contribution in [2.75, 3.05) is 14.7 Å². The third-order valence-corrected chi connectivity index (χ3v) is 11.3. The number of hydrogen-bond donors (Lipinski definition) is 0. The Kier molecular flexibility index (Phi) is 11.3. The van der Waals surface area contributed by atoms with E-state index in [1.807, 2.05) is 0 Å². The Morgan fingerprint density at radius 3 is 0.705 bits per heavy atom. The smallest absolute Gasteiger partial charge is 0.0464 e. The molecule has 9 aromatic rings. The molecule has 296 valence electrons. The number of anilines is 9. The normalized spacial score (nSPS) is 11.0. The molecule has 0 N–H and O–H groups in total. The van der Waals surface area contributed by atoms with E-state index in [4.69, 9.17) is 0 Å². The molecule has 0 radical (unpaired) electrons. The first-order valence-corrected chi connectivity index (χ1v) is 21.0. The van der Waals surface area contributed by atoms with E-state index >= 15 is 0 Å². The zero-order chi connectivity index (χ0) is 41.5. The van der Waals surface area contributed by atoms with E-state index in [0.29, 0.717) is 0 Å². The minimum Gasteiger partial charge on any atom is -0.310 e. The SMILES string of the molecule is Cc1cccc(N(c2ccccc2)c2ccc(C(c3ccc(N(c4ccccc4)c4cccc(C)c4)cc3)c3ccc(N(c4ccccc4)c4cccc(C)c4)cc3)cc2)c1. The van der Waals surface area contributed by atoms with Crippen molar-refractivity contribution in [3.63, 3.8) is 0 Å². The van der Waals surface area contributed by atoms with Crippen molar-refractivity contribution in [2.24, 2.45) is 0 Å². The average Bonchev–Trinajstić information content (AvgIpc) is 3.30. The second kappa shape index (κ2) is 17.7. The van der Waals surface area contributed by atoms with Crippen LogP contribution in [-0.2, 0) is 0 Å². The Morgan fingerprint density at radius 2 is 0.459 bits per heavy atom. The van der Waals surface area contributed by atoms with Crippen molar-refractivity contribution in [1.29, 1.82) is 0 Å². The van der Waals surface area contributed by atoms with Crippen molar-refractivity contribution < 1.29 is 0 Å². The number of benzene rings is 9. The summed E-state index contributed by atoms with van der Waals surface area (Å²) in [7, 11) is 0. The lowest BCUT2D eigenvalue weighted by molar-refractivity contribution is 0.975. The summed E-state index contributed by atoms with van der Waals surface area (Å²) in [6.07, 6.45) is 0. The van der Waals surface area contributed by atoms with Gasteiger partial charge in [0.1, 0.15) is 0 Å². The number of hydrogen-bond acceptors (Lipinski definition) is 3. The van der Waals surface area contributed by atoms with Crippen LogP contribution in [0.25, 0.3) is 0 Å². The molecule has 3 nitrogen and oxygen atoms in total. The molecular weight excluding hydrogens is 739 g/mol. The number of para-hydroxylation sites is 3. The van der Waals surface area contributed by atoms with Gasteiger partial charge in [-0.15, -0.1) is 0 Å². The van der Waals surface area contributed by atoms with Gasteiger partial charge in [0.15, 0.2) is 0 Å². The van der Waals surface area contributed by atoms with E-state index in [9.17, 15) is 0 Å². The number of rotatable bonds is 12. The van der Waals surface area contributed by atoms with Crippen LogP contribution >= 0.6 is 0 Å². The Balaban J connectivity index is 1.14. The van der Waals surface area contributed by atoms with Crippen LogP contribution in [0.2, 0.25) is 0 Å². The van der Waals surface area contributed by atoms with Crippen molar-refractivity contribution in [3.05, 3.63) is 270 Å². The van der Waals surface area contributed by atoms with Crippen LogP contribution in [0.4, 0.5) is 51.2 Å². The molecule has 0 fully saturated rings. The Hall–Kier alpha value is -7.62. The molecule has 9 rings (SSSR count). The Labute approximate surface area is 361 Å². The molecule has 61 heavy (non-hydrogen) atoms. The van der Waals surface area contributed by atoms with Crippen LogP contribution in [0.3, 0.4) is 0 Å². The minimum atomic E-state index is -0.0189. The minimum absolute atomic E-state index is 0.0189. The predicted octanol–water partition coefficient (Wildman–Crippen LogP) is 16.2. The van der Waals surface area contributed by atoms with Crippen LogP contribution in [0.15, 0.2) is 237 Å². The van der Waals surface area contributed by atoms with E-state index in [1.165, 1.54) is 33.4 Å². The highest BCUT2D eigenvalue weighted by Crippen LogP contribution is 2.42. The molecule has 0 bridgehead atoms. The fourth-order valence-corrected chi connectivity index (χ4v) is 8.40. The zero-order valence-electron chi connectivity index (χ0n) is 34.9. The second-order valence-corrected chi connectivity index (χ2v) is 15.7. The average molecular weight is 788 g/mol. The maximum absolute atomic E-state index is 2.34. The number of aryl methyl sites for hydroxylation is 3. The van der Waals surface area contributed by atoms with Crippen LogP contribution in [0, 0.1) is 20.8 Å². The Bertz CT molecular complexity index is 2500. The lowest BCUT2D eigenvalue weighted by atomic mass is 9.84. The maximum Gasteiger partial charge on any atom is 0.0464 e. The monoisotopic (exact) mass is 787 g/mol. The molecule has 0 heterocycles. The van der Waals surface area contributed by atoms with E-state index < -0.39 is 0 Å². The molecular formula is C58H49N3. The lowest BCUT2D eigenvalue weighted by Gasteiger charge is -2.28. The number of nitrogens with zero attached hydrogens (tertiary/aromatic N) is 3.